The minimum Gasteiger partial charge on any atom is -0.367 e. The Morgan fingerprint density at radius 1 is 1.53 bits per heavy atom. The van der Waals surface area contributed by atoms with Crippen molar-refractivity contribution in [1.29, 1.82) is 0 Å². The zero-order valence-electron chi connectivity index (χ0n) is 8.05. The molecule has 15 heavy (non-hydrogen) atoms. The number of anilines is 1. The van der Waals surface area contributed by atoms with Crippen LogP contribution in [0.4, 0.5) is 5.82 Å². The van der Waals surface area contributed by atoms with Gasteiger partial charge in [0.25, 0.3) is 0 Å². The predicted molar refractivity (Wildman–Crippen MR) is 55.0 cm³/mol. The molecule has 1 aliphatic carbocycles. The number of carbonyl (C=O) groups is 1. The summed E-state index contributed by atoms with van der Waals surface area (Å²) in [6.45, 7) is 0. The molecule has 5 nitrogen and oxygen atoms in total. The van der Waals surface area contributed by atoms with E-state index in [2.05, 4.69) is 15.4 Å². The molecule has 76 valence electrons. The molecule has 5 heteroatoms. The molecule has 2 aromatic heterocycles. The molecule has 0 amide bonds. The van der Waals surface area contributed by atoms with Crippen LogP contribution >= 0.6 is 0 Å². The van der Waals surface area contributed by atoms with Crippen LogP contribution in [0.1, 0.15) is 23.2 Å². The summed E-state index contributed by atoms with van der Waals surface area (Å²) in [5, 5.41) is 7.47. The summed E-state index contributed by atoms with van der Waals surface area (Å²) in [6.07, 6.45) is 6.40. The maximum atomic E-state index is 10.7. The van der Waals surface area contributed by atoms with Gasteiger partial charge in [0.15, 0.2) is 11.9 Å². The van der Waals surface area contributed by atoms with E-state index in [-0.39, 0.29) is 0 Å². The topological polar surface area (TPSA) is 59.3 Å². The van der Waals surface area contributed by atoms with Crippen molar-refractivity contribution in [3.05, 3.63) is 24.0 Å². The zero-order chi connectivity index (χ0) is 10.3. The first-order valence-corrected chi connectivity index (χ1v) is 4.93. The third kappa shape index (κ3) is 1.36. The van der Waals surface area contributed by atoms with Gasteiger partial charge in [0, 0.05) is 12.2 Å². The molecule has 1 fully saturated rings. The quantitative estimate of drug-likeness (QED) is 0.757. The van der Waals surface area contributed by atoms with Crippen molar-refractivity contribution in [2.75, 3.05) is 5.32 Å². The summed E-state index contributed by atoms with van der Waals surface area (Å²) in [5.41, 5.74) is 1.13. The van der Waals surface area contributed by atoms with Crippen LogP contribution in [0.25, 0.3) is 5.65 Å². The molecule has 0 spiro atoms. The van der Waals surface area contributed by atoms with E-state index >= 15 is 0 Å². The van der Waals surface area contributed by atoms with E-state index < -0.39 is 0 Å². The van der Waals surface area contributed by atoms with Gasteiger partial charge in [0.1, 0.15) is 5.82 Å². The Kier molecular flexibility index (Phi) is 1.71. The van der Waals surface area contributed by atoms with Crippen LogP contribution in [0, 0.1) is 0 Å². The number of nitrogens with zero attached hydrogens (tertiary/aromatic N) is 3. The largest absolute Gasteiger partial charge is 0.367 e. The molecule has 0 bridgehead atoms. The van der Waals surface area contributed by atoms with E-state index in [9.17, 15) is 4.79 Å². The van der Waals surface area contributed by atoms with E-state index in [4.69, 9.17) is 0 Å². The molecule has 0 saturated heterocycles. The number of hydrogen-bond donors (Lipinski definition) is 1. The summed E-state index contributed by atoms with van der Waals surface area (Å²) >= 11 is 0. The lowest BCUT2D eigenvalue weighted by atomic mass is 10.4. The number of nitrogens with one attached hydrogen (secondary N) is 1. The maximum absolute atomic E-state index is 10.7. The first-order chi connectivity index (χ1) is 7.38. The Balaban J connectivity index is 2.12. The van der Waals surface area contributed by atoms with E-state index in [1.807, 2.05) is 6.07 Å². The lowest BCUT2D eigenvalue weighted by molar-refractivity contribution is 0.112. The lowest BCUT2D eigenvalue weighted by Gasteiger charge is -2.05. The number of aldehydes is 1. The fourth-order valence-corrected chi connectivity index (χ4v) is 1.54. The van der Waals surface area contributed by atoms with Crippen molar-refractivity contribution in [3.8, 4) is 0 Å². The van der Waals surface area contributed by atoms with E-state index in [0.29, 0.717) is 17.3 Å². The van der Waals surface area contributed by atoms with E-state index in [1.54, 1.807) is 10.7 Å². The van der Waals surface area contributed by atoms with E-state index in [1.165, 1.54) is 19.0 Å². The van der Waals surface area contributed by atoms with Crippen molar-refractivity contribution < 1.29 is 4.79 Å². The molecule has 1 N–H and O–H groups in total. The van der Waals surface area contributed by atoms with Gasteiger partial charge in [0.2, 0.25) is 0 Å². The number of carbonyl (C=O) groups excluding carboxylic acids is 1. The van der Waals surface area contributed by atoms with Gasteiger partial charge < -0.3 is 5.32 Å². The standard InChI is InChI=1S/C10H10N4O/c15-6-7-5-12-14-9(13-8-1-2-8)3-4-11-10(7)14/h3-6,8,13H,1-2H2. The zero-order valence-corrected chi connectivity index (χ0v) is 8.05. The average Bonchev–Trinajstić information content (AvgIpc) is 2.97. The molecule has 0 unspecified atom stereocenters. The summed E-state index contributed by atoms with van der Waals surface area (Å²) in [7, 11) is 0. The highest BCUT2D eigenvalue weighted by atomic mass is 16.1. The minimum absolute atomic E-state index is 0.523. The highest BCUT2D eigenvalue weighted by Crippen LogP contribution is 2.24. The molecule has 3 rings (SSSR count). The normalized spacial score (nSPS) is 15.5. The smallest absolute Gasteiger partial charge is 0.167 e. The van der Waals surface area contributed by atoms with Crippen LogP contribution in [0.5, 0.6) is 0 Å². The van der Waals surface area contributed by atoms with Gasteiger partial charge in [-0.25, -0.2) is 4.98 Å². The van der Waals surface area contributed by atoms with Crippen LogP contribution in [0.2, 0.25) is 0 Å². The Hall–Kier alpha value is -1.91. The number of fused-ring (bicyclic) bond motifs is 1. The first kappa shape index (κ1) is 8.40. The highest BCUT2D eigenvalue weighted by Gasteiger charge is 2.22. The lowest BCUT2D eigenvalue weighted by Crippen LogP contribution is -2.07. The van der Waals surface area contributed by atoms with Gasteiger partial charge in [-0.3, -0.25) is 4.79 Å². The minimum atomic E-state index is 0.523. The molecule has 0 aliphatic heterocycles. The molecule has 0 aromatic carbocycles. The fraction of sp³-hybridized carbons (Fsp3) is 0.300. The van der Waals surface area contributed by atoms with Crippen LogP contribution < -0.4 is 5.32 Å². The Labute approximate surface area is 86.1 Å². The highest BCUT2D eigenvalue weighted by molar-refractivity contribution is 5.84. The SMILES string of the molecule is O=Cc1cnn2c(NC3CC3)ccnc12. The van der Waals surface area contributed by atoms with Gasteiger partial charge in [0.05, 0.1) is 11.8 Å². The number of hydrogen-bond acceptors (Lipinski definition) is 4. The summed E-state index contributed by atoms with van der Waals surface area (Å²) in [5.74, 6) is 0.899. The Morgan fingerprint density at radius 2 is 2.40 bits per heavy atom. The van der Waals surface area contributed by atoms with E-state index in [0.717, 1.165) is 12.1 Å². The van der Waals surface area contributed by atoms with Gasteiger partial charge in [-0.05, 0) is 18.9 Å². The molecule has 2 heterocycles. The van der Waals surface area contributed by atoms with Crippen molar-refractivity contribution in [3.63, 3.8) is 0 Å². The monoisotopic (exact) mass is 202 g/mol. The Bertz CT molecular complexity index is 515. The van der Waals surface area contributed by atoms with Gasteiger partial charge >= 0.3 is 0 Å². The first-order valence-electron chi connectivity index (χ1n) is 4.93. The van der Waals surface area contributed by atoms with Crippen LogP contribution in [-0.4, -0.2) is 26.9 Å². The molecule has 2 aromatic rings. The molecular weight excluding hydrogens is 192 g/mol. The fourth-order valence-electron chi connectivity index (χ4n) is 1.54. The van der Waals surface area contributed by atoms with Gasteiger partial charge in [-0.15, -0.1) is 0 Å². The molecule has 1 aliphatic rings. The maximum Gasteiger partial charge on any atom is 0.167 e. The average molecular weight is 202 g/mol. The molecular formula is C10H10N4O. The van der Waals surface area contributed by atoms with Crippen LogP contribution in [0.3, 0.4) is 0 Å². The van der Waals surface area contributed by atoms with Crippen LogP contribution in [0.15, 0.2) is 18.5 Å². The van der Waals surface area contributed by atoms with Crippen molar-refractivity contribution in [2.45, 2.75) is 18.9 Å². The molecule has 1 saturated carbocycles. The third-order valence-corrected chi connectivity index (χ3v) is 2.48. The van der Waals surface area contributed by atoms with Crippen molar-refractivity contribution in [2.24, 2.45) is 0 Å². The number of aromatic nitrogens is 3. The second kappa shape index (κ2) is 3.05. The second-order valence-corrected chi connectivity index (χ2v) is 3.70. The summed E-state index contributed by atoms with van der Waals surface area (Å²) in [4.78, 5) is 14.8. The number of rotatable bonds is 3. The van der Waals surface area contributed by atoms with Crippen LogP contribution in [-0.2, 0) is 0 Å². The summed E-state index contributed by atoms with van der Waals surface area (Å²) < 4.78 is 1.67. The Morgan fingerprint density at radius 3 is 3.13 bits per heavy atom. The van der Waals surface area contributed by atoms with Crippen molar-refractivity contribution >= 4 is 17.8 Å². The summed E-state index contributed by atoms with van der Waals surface area (Å²) in [6, 6.07) is 2.42. The van der Waals surface area contributed by atoms with Gasteiger partial charge in [-0.1, -0.05) is 0 Å². The molecule has 0 radical (unpaired) electrons. The van der Waals surface area contributed by atoms with Gasteiger partial charge in [-0.2, -0.15) is 9.61 Å². The predicted octanol–water partition coefficient (Wildman–Crippen LogP) is 1.12. The van der Waals surface area contributed by atoms with Crippen molar-refractivity contribution in [1.82, 2.24) is 14.6 Å². The second-order valence-electron chi connectivity index (χ2n) is 3.70. The third-order valence-electron chi connectivity index (χ3n) is 2.48. The molecule has 0 atom stereocenters.